The Kier molecular flexibility index (Phi) is 5.72. The van der Waals surface area contributed by atoms with Crippen LogP contribution in [-0.2, 0) is 10.0 Å². The SMILES string of the molecule is CCN(CC)c1ccc(NS(=O)(=O)c2cc(C)ccc2OC)cc1. The molecule has 5 nitrogen and oxygen atoms in total. The topological polar surface area (TPSA) is 58.6 Å². The van der Waals surface area contributed by atoms with Gasteiger partial charge in [-0.3, -0.25) is 4.72 Å². The van der Waals surface area contributed by atoms with Gasteiger partial charge in [0.25, 0.3) is 10.0 Å². The Morgan fingerprint density at radius 3 is 2.21 bits per heavy atom. The number of ether oxygens (including phenoxy) is 1. The molecule has 0 saturated heterocycles. The molecule has 1 N–H and O–H groups in total. The largest absolute Gasteiger partial charge is 0.495 e. The van der Waals surface area contributed by atoms with Gasteiger partial charge in [0.15, 0.2) is 0 Å². The summed E-state index contributed by atoms with van der Waals surface area (Å²) >= 11 is 0. The third-order valence-electron chi connectivity index (χ3n) is 3.86. The van der Waals surface area contributed by atoms with E-state index >= 15 is 0 Å². The zero-order chi connectivity index (χ0) is 17.7. The number of nitrogens with one attached hydrogen (secondary N) is 1. The van der Waals surface area contributed by atoms with Crippen molar-refractivity contribution in [2.24, 2.45) is 0 Å². The van der Waals surface area contributed by atoms with Gasteiger partial charge < -0.3 is 9.64 Å². The molecule has 0 aliphatic rings. The highest BCUT2D eigenvalue weighted by molar-refractivity contribution is 7.92. The van der Waals surface area contributed by atoms with Crippen LogP contribution < -0.4 is 14.4 Å². The van der Waals surface area contributed by atoms with Crippen LogP contribution in [0.25, 0.3) is 0 Å². The van der Waals surface area contributed by atoms with Gasteiger partial charge in [-0.2, -0.15) is 0 Å². The predicted molar refractivity (Wildman–Crippen MR) is 98.5 cm³/mol. The molecule has 6 heteroatoms. The van der Waals surface area contributed by atoms with Crippen LogP contribution in [0.4, 0.5) is 11.4 Å². The molecule has 0 radical (unpaired) electrons. The number of benzene rings is 2. The van der Waals surface area contributed by atoms with Gasteiger partial charge in [-0.25, -0.2) is 8.42 Å². The number of methoxy groups -OCH3 is 1. The minimum atomic E-state index is -3.71. The summed E-state index contributed by atoms with van der Waals surface area (Å²) < 4.78 is 33.1. The van der Waals surface area contributed by atoms with Gasteiger partial charge in [-0.1, -0.05) is 6.07 Å². The Morgan fingerprint density at radius 2 is 1.67 bits per heavy atom. The Morgan fingerprint density at radius 1 is 1.04 bits per heavy atom. The fourth-order valence-electron chi connectivity index (χ4n) is 2.53. The molecule has 130 valence electrons. The van der Waals surface area contributed by atoms with Crippen LogP contribution >= 0.6 is 0 Å². The minimum absolute atomic E-state index is 0.137. The molecule has 0 heterocycles. The first-order chi connectivity index (χ1) is 11.4. The van der Waals surface area contributed by atoms with Crippen molar-refractivity contribution in [3.8, 4) is 5.75 Å². The summed E-state index contributed by atoms with van der Waals surface area (Å²) in [7, 11) is -2.25. The molecule has 2 aromatic rings. The first kappa shape index (κ1) is 18.1. The van der Waals surface area contributed by atoms with Gasteiger partial charge >= 0.3 is 0 Å². The van der Waals surface area contributed by atoms with E-state index in [-0.39, 0.29) is 4.90 Å². The van der Waals surface area contributed by atoms with Gasteiger partial charge in [0.1, 0.15) is 10.6 Å². The standard InChI is InChI=1S/C18H24N2O3S/c1-5-20(6-2)16-10-8-15(9-11-16)19-24(21,22)18-13-14(3)7-12-17(18)23-4/h7-13,19H,5-6H2,1-4H3. The molecule has 2 rings (SSSR count). The van der Waals surface area contributed by atoms with Crippen LogP contribution in [0, 0.1) is 6.92 Å². The van der Waals surface area contributed by atoms with Crippen LogP contribution in [0.2, 0.25) is 0 Å². The van der Waals surface area contributed by atoms with Crippen molar-refractivity contribution in [3.63, 3.8) is 0 Å². The maximum atomic E-state index is 12.7. The minimum Gasteiger partial charge on any atom is -0.495 e. The van der Waals surface area contributed by atoms with E-state index < -0.39 is 10.0 Å². The normalized spacial score (nSPS) is 11.2. The molecule has 2 aromatic carbocycles. The summed E-state index contributed by atoms with van der Waals surface area (Å²) in [6.45, 7) is 7.83. The van der Waals surface area contributed by atoms with Crippen molar-refractivity contribution >= 4 is 21.4 Å². The summed E-state index contributed by atoms with van der Waals surface area (Å²) in [5, 5.41) is 0. The molecule has 0 saturated carbocycles. The van der Waals surface area contributed by atoms with Crippen molar-refractivity contribution < 1.29 is 13.2 Å². The van der Waals surface area contributed by atoms with Gasteiger partial charge in [0, 0.05) is 24.5 Å². The molecular formula is C18H24N2O3S. The highest BCUT2D eigenvalue weighted by Crippen LogP contribution is 2.27. The van der Waals surface area contributed by atoms with Gasteiger partial charge in [0.05, 0.1) is 7.11 Å². The van der Waals surface area contributed by atoms with Crippen LogP contribution in [0.15, 0.2) is 47.4 Å². The lowest BCUT2D eigenvalue weighted by atomic mass is 10.2. The number of sulfonamides is 1. The van der Waals surface area contributed by atoms with E-state index in [4.69, 9.17) is 4.74 Å². The van der Waals surface area contributed by atoms with E-state index in [0.717, 1.165) is 24.3 Å². The number of anilines is 2. The Labute approximate surface area is 144 Å². The van der Waals surface area contributed by atoms with Crippen LogP contribution in [0.3, 0.4) is 0 Å². The number of hydrogen-bond acceptors (Lipinski definition) is 4. The monoisotopic (exact) mass is 348 g/mol. The summed E-state index contributed by atoms with van der Waals surface area (Å²) in [4.78, 5) is 2.33. The first-order valence-electron chi connectivity index (χ1n) is 7.93. The average Bonchev–Trinajstić information content (AvgIpc) is 2.57. The third-order valence-corrected chi connectivity index (χ3v) is 5.26. The van der Waals surface area contributed by atoms with Crippen LogP contribution in [0.5, 0.6) is 5.75 Å². The second-order valence-electron chi connectivity index (χ2n) is 5.48. The molecule has 0 aliphatic heterocycles. The zero-order valence-electron chi connectivity index (χ0n) is 14.5. The van der Waals surface area contributed by atoms with E-state index in [0.29, 0.717) is 11.4 Å². The number of hydrogen-bond donors (Lipinski definition) is 1. The summed E-state index contributed by atoms with van der Waals surface area (Å²) in [6.07, 6.45) is 0. The quantitative estimate of drug-likeness (QED) is 0.830. The van der Waals surface area contributed by atoms with Crippen molar-refractivity contribution in [1.82, 2.24) is 0 Å². The number of rotatable bonds is 7. The van der Waals surface area contributed by atoms with Crippen molar-refractivity contribution in [3.05, 3.63) is 48.0 Å². The second kappa shape index (κ2) is 7.57. The van der Waals surface area contributed by atoms with Crippen molar-refractivity contribution in [1.29, 1.82) is 0 Å². The Hall–Kier alpha value is -2.21. The molecule has 0 atom stereocenters. The summed E-state index contributed by atoms with van der Waals surface area (Å²) in [5.74, 6) is 0.327. The second-order valence-corrected chi connectivity index (χ2v) is 7.13. The van der Waals surface area contributed by atoms with Gasteiger partial charge in [-0.05, 0) is 62.7 Å². The molecule has 0 aliphatic carbocycles. The van der Waals surface area contributed by atoms with Crippen LogP contribution in [0.1, 0.15) is 19.4 Å². The Balaban J connectivity index is 2.28. The van der Waals surface area contributed by atoms with Crippen molar-refractivity contribution in [2.75, 3.05) is 29.8 Å². The number of nitrogens with zero attached hydrogens (tertiary/aromatic N) is 1. The fraction of sp³-hybridized carbons (Fsp3) is 0.333. The van der Waals surface area contributed by atoms with Crippen molar-refractivity contribution in [2.45, 2.75) is 25.7 Å². The first-order valence-corrected chi connectivity index (χ1v) is 9.42. The number of aryl methyl sites for hydroxylation is 1. The lowest BCUT2D eigenvalue weighted by molar-refractivity contribution is 0.402. The molecular weight excluding hydrogens is 324 g/mol. The molecule has 24 heavy (non-hydrogen) atoms. The van der Waals surface area contributed by atoms with E-state index in [2.05, 4.69) is 23.5 Å². The molecule has 0 spiro atoms. The molecule has 0 aromatic heterocycles. The fourth-order valence-corrected chi connectivity index (χ4v) is 3.85. The maximum absolute atomic E-state index is 12.7. The lowest BCUT2D eigenvalue weighted by Crippen LogP contribution is -2.21. The smallest absolute Gasteiger partial charge is 0.265 e. The average molecular weight is 348 g/mol. The highest BCUT2D eigenvalue weighted by atomic mass is 32.2. The Bertz CT molecular complexity index is 782. The predicted octanol–water partition coefficient (Wildman–Crippen LogP) is 3.65. The van der Waals surface area contributed by atoms with E-state index in [9.17, 15) is 8.42 Å². The van der Waals surface area contributed by atoms with Gasteiger partial charge in [0.2, 0.25) is 0 Å². The summed E-state index contributed by atoms with van der Waals surface area (Å²) in [5.41, 5.74) is 2.44. The molecule has 0 amide bonds. The van der Waals surface area contributed by atoms with E-state index in [1.807, 2.05) is 25.1 Å². The van der Waals surface area contributed by atoms with Crippen LogP contribution in [-0.4, -0.2) is 28.6 Å². The third kappa shape index (κ3) is 4.00. The highest BCUT2D eigenvalue weighted by Gasteiger charge is 2.20. The maximum Gasteiger partial charge on any atom is 0.265 e. The summed E-state index contributed by atoms with van der Waals surface area (Å²) in [6, 6.07) is 12.5. The zero-order valence-corrected chi connectivity index (χ0v) is 15.4. The molecule has 0 unspecified atom stereocenters. The molecule has 0 fully saturated rings. The molecule has 0 bridgehead atoms. The van der Waals surface area contributed by atoms with E-state index in [1.54, 1.807) is 24.3 Å². The van der Waals surface area contributed by atoms with E-state index in [1.165, 1.54) is 7.11 Å². The lowest BCUT2D eigenvalue weighted by Gasteiger charge is -2.21. The van der Waals surface area contributed by atoms with Gasteiger partial charge in [-0.15, -0.1) is 0 Å².